The van der Waals surface area contributed by atoms with Crippen molar-refractivity contribution in [3.63, 3.8) is 0 Å². The van der Waals surface area contributed by atoms with Crippen LogP contribution in [-0.2, 0) is 4.79 Å². The standard InChI is InChI=1S/C12H20F3N3O/c13-12(14,15)10-7-17-11(19)3-6-18(10)8-9-1-4-16-5-2-9/h9-10,16H,1-8H2,(H,17,19). The Kier molecular flexibility index (Phi) is 4.67. The van der Waals surface area contributed by atoms with E-state index in [1.54, 1.807) is 0 Å². The Morgan fingerprint density at radius 2 is 1.95 bits per heavy atom. The van der Waals surface area contributed by atoms with E-state index in [2.05, 4.69) is 10.6 Å². The van der Waals surface area contributed by atoms with Crippen molar-refractivity contribution in [1.29, 1.82) is 0 Å². The minimum absolute atomic E-state index is 0.150. The predicted molar refractivity (Wildman–Crippen MR) is 64.6 cm³/mol. The maximum Gasteiger partial charge on any atom is 0.405 e. The third-order valence-corrected chi connectivity index (χ3v) is 3.89. The monoisotopic (exact) mass is 279 g/mol. The highest BCUT2D eigenvalue weighted by atomic mass is 19.4. The summed E-state index contributed by atoms with van der Waals surface area (Å²) in [6.07, 6.45) is -2.33. The van der Waals surface area contributed by atoms with E-state index >= 15 is 0 Å². The summed E-state index contributed by atoms with van der Waals surface area (Å²) < 4.78 is 39.1. The van der Waals surface area contributed by atoms with E-state index in [1.165, 1.54) is 4.90 Å². The van der Waals surface area contributed by atoms with Gasteiger partial charge >= 0.3 is 6.18 Å². The summed E-state index contributed by atoms with van der Waals surface area (Å²) in [5.41, 5.74) is 0. The molecule has 0 aromatic heterocycles. The first-order valence-corrected chi connectivity index (χ1v) is 6.75. The zero-order chi connectivity index (χ0) is 13.9. The van der Waals surface area contributed by atoms with Gasteiger partial charge in [-0.2, -0.15) is 13.2 Å². The normalized spacial score (nSPS) is 27.9. The van der Waals surface area contributed by atoms with Crippen molar-refractivity contribution in [2.24, 2.45) is 5.92 Å². The van der Waals surface area contributed by atoms with Crippen LogP contribution in [0.15, 0.2) is 0 Å². The summed E-state index contributed by atoms with van der Waals surface area (Å²) in [7, 11) is 0. The molecule has 0 aromatic carbocycles. The molecule has 2 aliphatic heterocycles. The first kappa shape index (κ1) is 14.6. The molecule has 0 radical (unpaired) electrons. The van der Waals surface area contributed by atoms with Gasteiger partial charge in [0, 0.05) is 26.1 Å². The average Bonchev–Trinajstić information content (AvgIpc) is 2.53. The van der Waals surface area contributed by atoms with Crippen molar-refractivity contribution in [3.8, 4) is 0 Å². The number of amides is 1. The second-order valence-corrected chi connectivity index (χ2v) is 5.30. The Bertz CT molecular complexity index is 316. The molecule has 0 saturated carbocycles. The van der Waals surface area contributed by atoms with Gasteiger partial charge in [-0.3, -0.25) is 9.69 Å². The highest BCUT2D eigenvalue weighted by molar-refractivity contribution is 5.76. The Labute approximate surface area is 110 Å². The number of carbonyl (C=O) groups excluding carboxylic acids is 1. The molecule has 110 valence electrons. The van der Waals surface area contributed by atoms with Gasteiger partial charge in [-0.1, -0.05) is 0 Å². The lowest BCUT2D eigenvalue weighted by atomic mass is 9.96. The summed E-state index contributed by atoms with van der Waals surface area (Å²) in [6, 6.07) is -1.55. The lowest BCUT2D eigenvalue weighted by molar-refractivity contribution is -0.182. The lowest BCUT2D eigenvalue weighted by Gasteiger charge is -2.35. The fraction of sp³-hybridized carbons (Fsp3) is 0.917. The van der Waals surface area contributed by atoms with E-state index in [1.807, 2.05) is 0 Å². The Hall–Kier alpha value is -0.820. The smallest absolute Gasteiger partial charge is 0.354 e. The summed E-state index contributed by atoms with van der Waals surface area (Å²) in [6.45, 7) is 2.03. The quantitative estimate of drug-likeness (QED) is 0.783. The van der Waals surface area contributed by atoms with Crippen molar-refractivity contribution in [2.75, 3.05) is 32.7 Å². The maximum atomic E-state index is 13.0. The second kappa shape index (κ2) is 6.09. The highest BCUT2D eigenvalue weighted by Crippen LogP contribution is 2.27. The Morgan fingerprint density at radius 3 is 2.58 bits per heavy atom. The van der Waals surface area contributed by atoms with Crippen LogP contribution in [0.25, 0.3) is 0 Å². The molecule has 0 aromatic rings. The molecule has 1 atom stereocenters. The number of hydrogen-bond donors (Lipinski definition) is 2. The molecule has 1 amide bonds. The van der Waals surface area contributed by atoms with E-state index in [9.17, 15) is 18.0 Å². The Morgan fingerprint density at radius 1 is 1.26 bits per heavy atom. The highest BCUT2D eigenvalue weighted by Gasteiger charge is 2.45. The Balaban J connectivity index is 2.01. The zero-order valence-electron chi connectivity index (χ0n) is 10.8. The van der Waals surface area contributed by atoms with Crippen LogP contribution in [0.3, 0.4) is 0 Å². The topological polar surface area (TPSA) is 44.4 Å². The summed E-state index contributed by atoms with van der Waals surface area (Å²) in [4.78, 5) is 12.7. The molecule has 2 fully saturated rings. The number of hydrogen-bond acceptors (Lipinski definition) is 3. The molecule has 7 heteroatoms. The number of piperidine rings is 1. The van der Waals surface area contributed by atoms with Crippen LogP contribution in [-0.4, -0.2) is 55.7 Å². The maximum absolute atomic E-state index is 13.0. The predicted octanol–water partition coefficient (Wildman–Crippen LogP) is 0.739. The summed E-state index contributed by atoms with van der Waals surface area (Å²) in [5, 5.41) is 5.56. The SMILES string of the molecule is O=C1CCN(CC2CCNCC2)C(C(F)(F)F)CN1. The fourth-order valence-electron chi connectivity index (χ4n) is 2.77. The molecule has 0 bridgehead atoms. The van der Waals surface area contributed by atoms with Crippen molar-refractivity contribution in [3.05, 3.63) is 0 Å². The van der Waals surface area contributed by atoms with Gasteiger partial charge in [0.25, 0.3) is 0 Å². The molecular formula is C12H20F3N3O. The number of nitrogens with one attached hydrogen (secondary N) is 2. The number of rotatable bonds is 2. The van der Waals surface area contributed by atoms with Crippen LogP contribution in [0.2, 0.25) is 0 Å². The molecule has 2 N–H and O–H groups in total. The number of carbonyl (C=O) groups is 1. The van der Waals surface area contributed by atoms with E-state index in [0.29, 0.717) is 12.5 Å². The van der Waals surface area contributed by atoms with Crippen LogP contribution in [0, 0.1) is 5.92 Å². The minimum atomic E-state index is -4.29. The molecule has 2 rings (SSSR count). The van der Waals surface area contributed by atoms with Crippen molar-refractivity contribution in [2.45, 2.75) is 31.5 Å². The molecule has 4 nitrogen and oxygen atoms in total. The zero-order valence-corrected chi connectivity index (χ0v) is 10.8. The molecule has 0 spiro atoms. The summed E-state index contributed by atoms with van der Waals surface area (Å²) >= 11 is 0. The minimum Gasteiger partial charge on any atom is -0.354 e. The molecule has 0 aliphatic carbocycles. The molecule has 2 saturated heterocycles. The first-order valence-electron chi connectivity index (χ1n) is 6.75. The van der Waals surface area contributed by atoms with Crippen LogP contribution < -0.4 is 10.6 Å². The van der Waals surface area contributed by atoms with Gasteiger partial charge in [0.05, 0.1) is 0 Å². The largest absolute Gasteiger partial charge is 0.405 e. The van der Waals surface area contributed by atoms with Gasteiger partial charge in [0.1, 0.15) is 6.04 Å². The van der Waals surface area contributed by atoms with Gasteiger partial charge < -0.3 is 10.6 Å². The number of nitrogens with zero attached hydrogens (tertiary/aromatic N) is 1. The van der Waals surface area contributed by atoms with E-state index < -0.39 is 12.2 Å². The molecule has 1 unspecified atom stereocenters. The van der Waals surface area contributed by atoms with Crippen molar-refractivity contribution in [1.82, 2.24) is 15.5 Å². The lowest BCUT2D eigenvalue weighted by Crippen LogP contribution is -2.51. The second-order valence-electron chi connectivity index (χ2n) is 5.30. The molecule has 2 heterocycles. The van der Waals surface area contributed by atoms with E-state index in [4.69, 9.17) is 0 Å². The van der Waals surface area contributed by atoms with Crippen molar-refractivity contribution >= 4 is 5.91 Å². The van der Waals surface area contributed by atoms with Gasteiger partial charge in [-0.15, -0.1) is 0 Å². The molecular weight excluding hydrogens is 259 g/mol. The van der Waals surface area contributed by atoms with Crippen LogP contribution >= 0.6 is 0 Å². The van der Waals surface area contributed by atoms with Crippen LogP contribution in [0.4, 0.5) is 13.2 Å². The van der Waals surface area contributed by atoms with Crippen LogP contribution in [0.1, 0.15) is 19.3 Å². The number of alkyl halides is 3. The number of halogens is 3. The van der Waals surface area contributed by atoms with Crippen molar-refractivity contribution < 1.29 is 18.0 Å². The third-order valence-electron chi connectivity index (χ3n) is 3.89. The van der Waals surface area contributed by atoms with Gasteiger partial charge in [-0.25, -0.2) is 0 Å². The third kappa shape index (κ3) is 4.07. The van der Waals surface area contributed by atoms with E-state index in [0.717, 1.165) is 25.9 Å². The van der Waals surface area contributed by atoms with Gasteiger partial charge in [0.15, 0.2) is 0 Å². The van der Waals surface area contributed by atoms with Crippen LogP contribution in [0.5, 0.6) is 0 Å². The fourth-order valence-corrected chi connectivity index (χ4v) is 2.77. The average molecular weight is 279 g/mol. The molecule has 2 aliphatic rings. The van der Waals surface area contributed by atoms with Gasteiger partial charge in [0.2, 0.25) is 5.91 Å². The summed E-state index contributed by atoms with van der Waals surface area (Å²) in [5.74, 6) is 0.00126. The van der Waals surface area contributed by atoms with E-state index in [-0.39, 0.29) is 25.4 Å². The molecule has 19 heavy (non-hydrogen) atoms. The first-order chi connectivity index (χ1) is 8.97. The van der Waals surface area contributed by atoms with Gasteiger partial charge in [-0.05, 0) is 31.8 Å².